The number of nitrogens with zero attached hydrogens (tertiary/aromatic N) is 1. The Hall–Kier alpha value is -2.31. The molecule has 0 aromatic carbocycles. The number of carboxylic acid groups (broad SMARTS) is 1. The summed E-state index contributed by atoms with van der Waals surface area (Å²) in [5, 5.41) is 12.0. The molecule has 7 heteroatoms. The molecule has 0 saturated carbocycles. The molecule has 0 aliphatic carbocycles. The molecule has 0 bridgehead atoms. The van der Waals surface area contributed by atoms with E-state index in [2.05, 4.69) is 10.1 Å². The largest absolute Gasteiger partial charge is 0.477 e. The van der Waals surface area contributed by atoms with Crippen LogP contribution in [-0.4, -0.2) is 28.3 Å². The summed E-state index contributed by atoms with van der Waals surface area (Å²) in [6.07, 6.45) is 1.25. The van der Waals surface area contributed by atoms with Crippen molar-refractivity contribution in [3.05, 3.63) is 23.5 Å². The number of carbonyl (C=O) groups is 2. The predicted molar refractivity (Wildman–Crippen MR) is 48.1 cm³/mol. The number of nitrogens with two attached hydrogens (primary N) is 1. The van der Waals surface area contributed by atoms with Crippen molar-refractivity contribution in [2.45, 2.75) is 0 Å². The average Bonchev–Trinajstić information content (AvgIpc) is 2.52. The number of aromatic amines is 1. The van der Waals surface area contributed by atoms with Crippen LogP contribution in [0.5, 0.6) is 0 Å². The van der Waals surface area contributed by atoms with Crippen LogP contribution in [0.1, 0.15) is 16.2 Å². The Bertz CT molecular complexity index is 382. The molecule has 0 saturated heterocycles. The standard InChI is InChI=1S/C7H8N4O3/c8-7(14)11-9-3-4-1-2-5(10-4)6(12)13/h1-3,10H,(H,12,13)(H3,8,11,14)/b9-3+. The van der Waals surface area contributed by atoms with Crippen molar-refractivity contribution in [3.63, 3.8) is 0 Å². The summed E-state index contributed by atoms with van der Waals surface area (Å²) in [6, 6.07) is 2.11. The molecule has 0 atom stereocenters. The van der Waals surface area contributed by atoms with Crippen LogP contribution in [0, 0.1) is 0 Å². The molecule has 74 valence electrons. The predicted octanol–water partition coefficient (Wildman–Crippen LogP) is -0.285. The number of primary amides is 1. The molecule has 0 aliphatic heterocycles. The van der Waals surface area contributed by atoms with E-state index in [1.54, 1.807) is 0 Å². The first-order valence-corrected chi connectivity index (χ1v) is 3.60. The van der Waals surface area contributed by atoms with Crippen molar-refractivity contribution in [3.8, 4) is 0 Å². The maximum Gasteiger partial charge on any atom is 0.352 e. The van der Waals surface area contributed by atoms with Crippen LogP contribution in [0.3, 0.4) is 0 Å². The van der Waals surface area contributed by atoms with E-state index in [9.17, 15) is 9.59 Å². The monoisotopic (exact) mass is 196 g/mol. The van der Waals surface area contributed by atoms with E-state index in [1.165, 1.54) is 18.3 Å². The topological polar surface area (TPSA) is 121 Å². The van der Waals surface area contributed by atoms with Crippen LogP contribution in [0.2, 0.25) is 0 Å². The summed E-state index contributed by atoms with van der Waals surface area (Å²) in [5.41, 5.74) is 7.22. The summed E-state index contributed by atoms with van der Waals surface area (Å²) in [6.45, 7) is 0. The number of H-pyrrole nitrogens is 1. The Labute approximate surface area is 78.6 Å². The second kappa shape index (κ2) is 4.08. The van der Waals surface area contributed by atoms with E-state index in [-0.39, 0.29) is 5.69 Å². The van der Waals surface area contributed by atoms with Crippen LogP contribution in [0.25, 0.3) is 0 Å². The minimum absolute atomic E-state index is 0.0468. The van der Waals surface area contributed by atoms with Crippen molar-refractivity contribution < 1.29 is 14.7 Å². The fourth-order valence-corrected chi connectivity index (χ4v) is 0.777. The van der Waals surface area contributed by atoms with Gasteiger partial charge in [-0.2, -0.15) is 5.10 Å². The van der Waals surface area contributed by atoms with E-state index in [1.807, 2.05) is 5.43 Å². The van der Waals surface area contributed by atoms with Gasteiger partial charge >= 0.3 is 12.0 Å². The Kier molecular flexibility index (Phi) is 2.85. The molecule has 7 nitrogen and oxygen atoms in total. The van der Waals surface area contributed by atoms with Gasteiger partial charge in [0.2, 0.25) is 0 Å². The lowest BCUT2D eigenvalue weighted by Gasteiger charge is -1.89. The molecule has 0 unspecified atom stereocenters. The molecular formula is C7H8N4O3. The van der Waals surface area contributed by atoms with Gasteiger partial charge in [-0.15, -0.1) is 0 Å². The van der Waals surface area contributed by atoms with Crippen molar-refractivity contribution in [2.24, 2.45) is 10.8 Å². The number of aromatic carboxylic acids is 1. The first-order chi connectivity index (χ1) is 6.59. The highest BCUT2D eigenvalue weighted by atomic mass is 16.4. The summed E-state index contributed by atoms with van der Waals surface area (Å²) in [7, 11) is 0. The SMILES string of the molecule is NC(=O)N/N=C/c1ccc(C(=O)O)[nH]1. The van der Waals surface area contributed by atoms with Crippen LogP contribution in [0.15, 0.2) is 17.2 Å². The molecule has 1 heterocycles. The molecule has 1 aromatic heterocycles. The molecule has 14 heavy (non-hydrogen) atoms. The summed E-state index contributed by atoms with van der Waals surface area (Å²) < 4.78 is 0. The normalized spacial score (nSPS) is 10.3. The number of rotatable bonds is 3. The van der Waals surface area contributed by atoms with Gasteiger partial charge in [-0.05, 0) is 12.1 Å². The number of carboxylic acids is 1. The van der Waals surface area contributed by atoms with E-state index in [4.69, 9.17) is 10.8 Å². The molecule has 1 rings (SSSR count). The van der Waals surface area contributed by atoms with E-state index >= 15 is 0 Å². The Morgan fingerprint density at radius 1 is 1.57 bits per heavy atom. The summed E-state index contributed by atoms with van der Waals surface area (Å²) in [4.78, 5) is 23.2. The highest BCUT2D eigenvalue weighted by Gasteiger charge is 2.03. The smallest absolute Gasteiger partial charge is 0.352 e. The maximum absolute atomic E-state index is 10.4. The Balaban J connectivity index is 2.64. The van der Waals surface area contributed by atoms with Crippen LogP contribution in [0.4, 0.5) is 4.79 Å². The van der Waals surface area contributed by atoms with Crippen molar-refractivity contribution in [1.29, 1.82) is 0 Å². The second-order valence-electron chi connectivity index (χ2n) is 2.37. The quantitative estimate of drug-likeness (QED) is 0.392. The molecular weight excluding hydrogens is 188 g/mol. The van der Waals surface area contributed by atoms with Crippen molar-refractivity contribution >= 4 is 18.2 Å². The molecule has 0 radical (unpaired) electrons. The van der Waals surface area contributed by atoms with E-state index in [0.717, 1.165) is 0 Å². The number of urea groups is 1. The maximum atomic E-state index is 10.4. The molecule has 0 spiro atoms. The lowest BCUT2D eigenvalue weighted by atomic mass is 10.4. The van der Waals surface area contributed by atoms with Crippen molar-refractivity contribution in [1.82, 2.24) is 10.4 Å². The average molecular weight is 196 g/mol. The highest BCUT2D eigenvalue weighted by Crippen LogP contribution is 1.98. The number of hydrogen-bond donors (Lipinski definition) is 4. The third-order valence-corrected chi connectivity index (χ3v) is 1.32. The van der Waals surface area contributed by atoms with Crippen LogP contribution < -0.4 is 11.2 Å². The number of hydrazone groups is 1. The number of amides is 2. The molecule has 5 N–H and O–H groups in total. The van der Waals surface area contributed by atoms with Gasteiger partial charge in [0.25, 0.3) is 0 Å². The Morgan fingerprint density at radius 2 is 2.29 bits per heavy atom. The minimum Gasteiger partial charge on any atom is -0.477 e. The molecule has 2 amide bonds. The highest BCUT2D eigenvalue weighted by molar-refractivity contribution is 5.88. The minimum atomic E-state index is -1.06. The fourth-order valence-electron chi connectivity index (χ4n) is 0.777. The third kappa shape index (κ3) is 2.63. The van der Waals surface area contributed by atoms with Crippen LogP contribution in [-0.2, 0) is 0 Å². The fraction of sp³-hybridized carbons (Fsp3) is 0. The van der Waals surface area contributed by atoms with Gasteiger partial charge in [-0.1, -0.05) is 0 Å². The number of nitrogens with one attached hydrogen (secondary N) is 2. The lowest BCUT2D eigenvalue weighted by molar-refractivity contribution is 0.0691. The second-order valence-corrected chi connectivity index (χ2v) is 2.37. The van der Waals surface area contributed by atoms with Gasteiger partial charge in [-0.25, -0.2) is 15.0 Å². The Morgan fingerprint density at radius 3 is 2.79 bits per heavy atom. The van der Waals surface area contributed by atoms with Crippen molar-refractivity contribution in [2.75, 3.05) is 0 Å². The molecule has 1 aromatic rings. The number of hydrogen-bond acceptors (Lipinski definition) is 3. The summed E-state index contributed by atoms with van der Waals surface area (Å²) in [5.74, 6) is -1.06. The first-order valence-electron chi connectivity index (χ1n) is 3.60. The molecule has 0 aliphatic rings. The molecule has 0 fully saturated rings. The lowest BCUT2D eigenvalue weighted by Crippen LogP contribution is -2.24. The summed E-state index contributed by atoms with van der Waals surface area (Å²) >= 11 is 0. The van der Waals surface area contributed by atoms with Gasteiger partial charge in [-0.3, -0.25) is 0 Å². The number of carbonyl (C=O) groups excluding carboxylic acids is 1. The zero-order chi connectivity index (χ0) is 10.6. The third-order valence-electron chi connectivity index (χ3n) is 1.32. The van der Waals surface area contributed by atoms with Gasteiger partial charge in [0, 0.05) is 0 Å². The van der Waals surface area contributed by atoms with Gasteiger partial charge in [0.05, 0.1) is 11.9 Å². The zero-order valence-corrected chi connectivity index (χ0v) is 7.02. The van der Waals surface area contributed by atoms with Gasteiger partial charge in [0.15, 0.2) is 0 Å². The van der Waals surface area contributed by atoms with Gasteiger partial charge in [0.1, 0.15) is 5.69 Å². The van der Waals surface area contributed by atoms with E-state index in [0.29, 0.717) is 5.69 Å². The van der Waals surface area contributed by atoms with Crippen LogP contribution >= 0.6 is 0 Å². The first kappa shape index (κ1) is 9.78. The van der Waals surface area contributed by atoms with E-state index < -0.39 is 12.0 Å². The van der Waals surface area contributed by atoms with Gasteiger partial charge < -0.3 is 15.8 Å². The zero-order valence-electron chi connectivity index (χ0n) is 7.02. The number of aromatic nitrogens is 1.